The third kappa shape index (κ3) is 5.99. The molecule has 1 amide bonds. The molecule has 0 aliphatic rings. The molecule has 0 saturated heterocycles. The van der Waals surface area contributed by atoms with Crippen molar-refractivity contribution in [3.05, 3.63) is 89.4 Å². The van der Waals surface area contributed by atoms with Crippen LogP contribution in [-0.4, -0.2) is 34.0 Å². The summed E-state index contributed by atoms with van der Waals surface area (Å²) in [6, 6.07) is 22.1. The number of anilines is 1. The highest BCUT2D eigenvalue weighted by atomic mass is 35.5. The first-order valence-electron chi connectivity index (χ1n) is 9.66. The van der Waals surface area contributed by atoms with Crippen LogP contribution in [0.2, 0.25) is 5.02 Å². The topological polar surface area (TPSA) is 75.7 Å². The first-order valence-corrected chi connectivity index (χ1v) is 11.5. The second kappa shape index (κ2) is 10.3. The number of benzene rings is 3. The third-order valence-electron chi connectivity index (χ3n) is 4.51. The number of ether oxygens (including phenoxy) is 1. The summed E-state index contributed by atoms with van der Waals surface area (Å²) in [6.45, 7) is 1.95. The predicted molar refractivity (Wildman–Crippen MR) is 122 cm³/mol. The van der Waals surface area contributed by atoms with Gasteiger partial charge in [0.25, 0.3) is 10.0 Å². The van der Waals surface area contributed by atoms with E-state index in [4.69, 9.17) is 16.3 Å². The zero-order chi connectivity index (χ0) is 22.3. The van der Waals surface area contributed by atoms with Gasteiger partial charge in [0.05, 0.1) is 17.1 Å². The molecule has 0 aliphatic carbocycles. The number of hydrogen-bond donors (Lipinski definition) is 1. The Bertz CT molecular complexity index is 1120. The Hall–Kier alpha value is -3.03. The number of hydrogen-bond acceptors (Lipinski definition) is 4. The Morgan fingerprint density at radius 1 is 0.968 bits per heavy atom. The highest BCUT2D eigenvalue weighted by Gasteiger charge is 2.28. The summed E-state index contributed by atoms with van der Waals surface area (Å²) >= 11 is 5.90. The van der Waals surface area contributed by atoms with Crippen LogP contribution in [0.5, 0.6) is 5.75 Å². The molecule has 6 nitrogen and oxygen atoms in total. The molecule has 31 heavy (non-hydrogen) atoms. The van der Waals surface area contributed by atoms with Gasteiger partial charge in [-0.2, -0.15) is 0 Å². The van der Waals surface area contributed by atoms with E-state index in [1.807, 2.05) is 36.4 Å². The highest BCUT2D eigenvalue weighted by Crippen LogP contribution is 2.27. The minimum atomic E-state index is -3.98. The molecule has 1 N–H and O–H groups in total. The number of nitrogens with one attached hydrogen (secondary N) is 1. The Labute approximate surface area is 187 Å². The average molecular weight is 459 g/mol. The molecule has 0 bridgehead atoms. The molecule has 8 heteroatoms. The van der Waals surface area contributed by atoms with Gasteiger partial charge in [0.15, 0.2) is 0 Å². The van der Waals surface area contributed by atoms with Gasteiger partial charge in [-0.15, -0.1) is 0 Å². The monoisotopic (exact) mass is 458 g/mol. The van der Waals surface area contributed by atoms with Crippen LogP contribution in [0.4, 0.5) is 5.69 Å². The Kier molecular flexibility index (Phi) is 7.55. The SMILES string of the molecule is Cc1ccccc1N(CC(=O)NCCOc1ccccc1)S(=O)(=O)c1ccc(Cl)cc1. The lowest BCUT2D eigenvalue weighted by atomic mass is 10.2. The van der Waals surface area contributed by atoms with E-state index in [1.54, 1.807) is 25.1 Å². The van der Waals surface area contributed by atoms with Gasteiger partial charge in [0.2, 0.25) is 5.91 Å². The van der Waals surface area contributed by atoms with Gasteiger partial charge < -0.3 is 10.1 Å². The normalized spacial score (nSPS) is 11.0. The number of aryl methyl sites for hydroxylation is 1. The van der Waals surface area contributed by atoms with Crippen molar-refractivity contribution in [2.24, 2.45) is 0 Å². The van der Waals surface area contributed by atoms with Crippen molar-refractivity contribution in [1.29, 1.82) is 0 Å². The minimum Gasteiger partial charge on any atom is -0.492 e. The summed E-state index contributed by atoms with van der Waals surface area (Å²) in [5, 5.41) is 3.14. The van der Waals surface area contributed by atoms with Crippen LogP contribution in [0.1, 0.15) is 5.56 Å². The van der Waals surface area contributed by atoms with Crippen molar-refractivity contribution in [2.45, 2.75) is 11.8 Å². The Morgan fingerprint density at radius 2 is 1.61 bits per heavy atom. The van der Waals surface area contributed by atoms with E-state index < -0.39 is 15.9 Å². The van der Waals surface area contributed by atoms with Crippen LogP contribution < -0.4 is 14.4 Å². The third-order valence-corrected chi connectivity index (χ3v) is 6.54. The highest BCUT2D eigenvalue weighted by molar-refractivity contribution is 7.92. The second-order valence-electron chi connectivity index (χ2n) is 6.76. The number of para-hydroxylation sites is 2. The first-order chi connectivity index (χ1) is 14.9. The average Bonchev–Trinajstić information content (AvgIpc) is 2.77. The molecular weight excluding hydrogens is 436 g/mol. The van der Waals surface area contributed by atoms with Gasteiger partial charge in [-0.05, 0) is 55.0 Å². The fourth-order valence-electron chi connectivity index (χ4n) is 2.94. The summed E-state index contributed by atoms with van der Waals surface area (Å²) in [5.41, 5.74) is 1.17. The molecule has 3 aromatic rings. The summed E-state index contributed by atoms with van der Waals surface area (Å²) in [4.78, 5) is 12.6. The maximum Gasteiger partial charge on any atom is 0.264 e. The molecule has 162 valence electrons. The molecule has 0 aromatic heterocycles. The lowest BCUT2D eigenvalue weighted by Gasteiger charge is -2.25. The number of carbonyl (C=O) groups is 1. The van der Waals surface area contributed by atoms with E-state index in [9.17, 15) is 13.2 Å². The van der Waals surface area contributed by atoms with E-state index in [2.05, 4.69) is 5.32 Å². The van der Waals surface area contributed by atoms with Gasteiger partial charge in [-0.1, -0.05) is 48.0 Å². The largest absolute Gasteiger partial charge is 0.492 e. The number of carbonyl (C=O) groups excluding carboxylic acids is 1. The summed E-state index contributed by atoms with van der Waals surface area (Å²) in [7, 11) is -3.98. The molecule has 0 spiro atoms. The number of halogens is 1. The van der Waals surface area contributed by atoms with Gasteiger partial charge in [-0.25, -0.2) is 8.42 Å². The molecule has 0 unspecified atom stereocenters. The van der Waals surface area contributed by atoms with Crippen LogP contribution in [0, 0.1) is 6.92 Å². The van der Waals surface area contributed by atoms with Gasteiger partial charge in [0.1, 0.15) is 18.9 Å². The summed E-state index contributed by atoms with van der Waals surface area (Å²) in [5.74, 6) is 0.265. The van der Waals surface area contributed by atoms with Crippen LogP contribution in [0.25, 0.3) is 0 Å². The lowest BCUT2D eigenvalue weighted by molar-refractivity contribution is -0.119. The molecule has 0 aliphatic heterocycles. The van der Waals surface area contributed by atoms with E-state index in [1.165, 1.54) is 24.3 Å². The fraction of sp³-hybridized carbons (Fsp3) is 0.174. The fourth-order valence-corrected chi connectivity index (χ4v) is 4.55. The van der Waals surface area contributed by atoms with E-state index >= 15 is 0 Å². The predicted octanol–water partition coefficient (Wildman–Crippen LogP) is 4.04. The van der Waals surface area contributed by atoms with Crippen molar-refractivity contribution in [3.63, 3.8) is 0 Å². The quantitative estimate of drug-likeness (QED) is 0.491. The Morgan fingerprint density at radius 3 is 2.29 bits per heavy atom. The first kappa shape index (κ1) is 22.7. The number of amides is 1. The summed E-state index contributed by atoms with van der Waals surface area (Å²) < 4.78 is 33.3. The maximum absolute atomic E-state index is 13.3. The van der Waals surface area contributed by atoms with Crippen molar-refractivity contribution in [3.8, 4) is 5.75 Å². The molecule has 0 saturated carbocycles. The molecule has 3 aromatic carbocycles. The standard InChI is InChI=1S/C23H23ClN2O4S/c1-18-7-5-6-10-22(18)26(31(28,29)21-13-11-19(24)12-14-21)17-23(27)25-15-16-30-20-8-3-2-4-9-20/h2-14H,15-17H2,1H3,(H,25,27). The van der Waals surface area contributed by atoms with Crippen LogP contribution in [0.3, 0.4) is 0 Å². The molecule has 0 heterocycles. The smallest absolute Gasteiger partial charge is 0.264 e. The van der Waals surface area contributed by atoms with Crippen LogP contribution >= 0.6 is 11.6 Å². The second-order valence-corrected chi connectivity index (χ2v) is 9.06. The molecule has 0 atom stereocenters. The maximum atomic E-state index is 13.3. The minimum absolute atomic E-state index is 0.0559. The van der Waals surface area contributed by atoms with E-state index in [0.717, 1.165) is 9.87 Å². The van der Waals surface area contributed by atoms with E-state index in [0.29, 0.717) is 16.5 Å². The molecule has 0 fully saturated rings. The van der Waals surface area contributed by atoms with Crippen LogP contribution in [-0.2, 0) is 14.8 Å². The molecule has 0 radical (unpaired) electrons. The number of nitrogens with zero attached hydrogens (tertiary/aromatic N) is 1. The van der Waals surface area contributed by atoms with E-state index in [-0.39, 0.29) is 24.6 Å². The zero-order valence-corrected chi connectivity index (χ0v) is 18.6. The van der Waals surface area contributed by atoms with Crippen molar-refractivity contribution in [1.82, 2.24) is 5.32 Å². The number of rotatable bonds is 9. The number of sulfonamides is 1. The lowest BCUT2D eigenvalue weighted by Crippen LogP contribution is -2.42. The van der Waals surface area contributed by atoms with Crippen molar-refractivity contribution >= 4 is 33.2 Å². The molecular formula is C23H23ClN2O4S. The van der Waals surface area contributed by atoms with Gasteiger partial charge in [0, 0.05) is 5.02 Å². The van der Waals surface area contributed by atoms with Crippen LogP contribution in [0.15, 0.2) is 83.8 Å². The van der Waals surface area contributed by atoms with Gasteiger partial charge in [-0.3, -0.25) is 9.10 Å². The summed E-state index contributed by atoms with van der Waals surface area (Å²) in [6.07, 6.45) is 0. The molecule has 3 rings (SSSR count). The van der Waals surface area contributed by atoms with Gasteiger partial charge >= 0.3 is 0 Å². The van der Waals surface area contributed by atoms with Crippen molar-refractivity contribution in [2.75, 3.05) is 24.0 Å². The zero-order valence-electron chi connectivity index (χ0n) is 17.0. The Balaban J connectivity index is 1.73. The van der Waals surface area contributed by atoms with Crippen molar-refractivity contribution < 1.29 is 17.9 Å².